The maximum Gasteiger partial charge on any atom is 0.144 e. The van der Waals surface area contributed by atoms with Crippen LogP contribution in [0.4, 0.5) is 0 Å². The average molecular weight is 210 g/mol. The minimum atomic E-state index is -0.434. The molecule has 2 aliphatic heterocycles. The Morgan fingerprint density at radius 1 is 1.53 bits per heavy atom. The molecule has 1 fully saturated rings. The fourth-order valence-electron chi connectivity index (χ4n) is 2.62. The van der Waals surface area contributed by atoms with Crippen molar-refractivity contribution in [2.75, 3.05) is 6.61 Å². The molecule has 15 heavy (non-hydrogen) atoms. The molecule has 1 saturated heterocycles. The summed E-state index contributed by atoms with van der Waals surface area (Å²) in [6.07, 6.45) is 5.40. The Kier molecular flexibility index (Phi) is 2.69. The maximum absolute atomic E-state index is 12.0. The molecule has 0 saturated carbocycles. The molecule has 1 N–H and O–H groups in total. The topological polar surface area (TPSA) is 46.5 Å². The van der Waals surface area contributed by atoms with Crippen LogP contribution in [-0.4, -0.2) is 29.2 Å². The van der Waals surface area contributed by atoms with Gasteiger partial charge in [0.1, 0.15) is 5.78 Å². The van der Waals surface area contributed by atoms with E-state index >= 15 is 0 Å². The quantitative estimate of drug-likeness (QED) is 0.714. The summed E-state index contributed by atoms with van der Waals surface area (Å²) in [7, 11) is 0. The van der Waals surface area contributed by atoms with Crippen LogP contribution < -0.4 is 0 Å². The van der Waals surface area contributed by atoms with E-state index in [2.05, 4.69) is 0 Å². The zero-order chi connectivity index (χ0) is 11.1. The first-order valence-corrected chi connectivity index (χ1v) is 5.62. The predicted molar refractivity (Wildman–Crippen MR) is 56.4 cm³/mol. The molecule has 3 nitrogen and oxygen atoms in total. The fourth-order valence-corrected chi connectivity index (χ4v) is 2.62. The van der Waals surface area contributed by atoms with Gasteiger partial charge in [0.2, 0.25) is 0 Å². The van der Waals surface area contributed by atoms with Gasteiger partial charge in [0.25, 0.3) is 0 Å². The van der Waals surface area contributed by atoms with Crippen LogP contribution in [0.3, 0.4) is 0 Å². The van der Waals surface area contributed by atoms with Gasteiger partial charge in [-0.2, -0.15) is 0 Å². The van der Waals surface area contributed by atoms with Gasteiger partial charge in [0.05, 0.1) is 11.7 Å². The van der Waals surface area contributed by atoms with Gasteiger partial charge in [-0.05, 0) is 12.8 Å². The van der Waals surface area contributed by atoms with Crippen molar-refractivity contribution in [1.29, 1.82) is 0 Å². The number of Topliss-reactive ketones (excluding diaryl/α,β-unsaturated/α-hetero) is 1. The number of ether oxygens (including phenoxy) is 1. The van der Waals surface area contributed by atoms with Crippen LogP contribution in [0.15, 0.2) is 12.2 Å². The summed E-state index contributed by atoms with van der Waals surface area (Å²) in [4.78, 5) is 12.0. The lowest BCUT2D eigenvalue weighted by Gasteiger charge is -2.40. The molecule has 84 valence electrons. The largest absolute Gasteiger partial charge is 0.396 e. The second kappa shape index (κ2) is 3.72. The molecule has 4 atom stereocenters. The van der Waals surface area contributed by atoms with Gasteiger partial charge in [-0.3, -0.25) is 4.79 Å². The SMILES string of the molecule is C[C@@H]1C(=O)[C@H](C)[C@]2(CCCO)C=C[C@H]1O2. The second-order valence-corrected chi connectivity index (χ2v) is 4.64. The van der Waals surface area contributed by atoms with E-state index in [4.69, 9.17) is 9.84 Å². The standard InChI is InChI=1S/C12H18O3/c1-8-10-4-6-12(15-10,5-3-7-13)9(2)11(8)14/h4,6,8-10,13H,3,5,7H2,1-2H3/t8-,9-,10+,12-/m0/s1. The van der Waals surface area contributed by atoms with Crippen molar-refractivity contribution in [3.8, 4) is 0 Å². The molecule has 2 heterocycles. The van der Waals surface area contributed by atoms with Gasteiger partial charge in [0.15, 0.2) is 0 Å². The van der Waals surface area contributed by atoms with Gasteiger partial charge in [-0.15, -0.1) is 0 Å². The summed E-state index contributed by atoms with van der Waals surface area (Å²) in [5.41, 5.74) is -0.434. The molecule has 0 radical (unpaired) electrons. The van der Waals surface area contributed by atoms with E-state index in [1.807, 2.05) is 26.0 Å². The van der Waals surface area contributed by atoms with Gasteiger partial charge < -0.3 is 9.84 Å². The Labute approximate surface area is 90.1 Å². The summed E-state index contributed by atoms with van der Waals surface area (Å²) in [6.45, 7) is 4.01. The third-order valence-electron chi connectivity index (χ3n) is 3.75. The molecular formula is C12H18O3. The van der Waals surface area contributed by atoms with Crippen LogP contribution in [-0.2, 0) is 9.53 Å². The molecule has 2 aliphatic rings. The Balaban J connectivity index is 2.20. The first-order valence-electron chi connectivity index (χ1n) is 5.62. The van der Waals surface area contributed by atoms with E-state index in [0.717, 1.165) is 6.42 Å². The van der Waals surface area contributed by atoms with Crippen LogP contribution in [0.25, 0.3) is 0 Å². The number of rotatable bonds is 3. The first-order chi connectivity index (χ1) is 7.10. The molecule has 0 aromatic carbocycles. The predicted octanol–water partition coefficient (Wildman–Crippen LogP) is 1.31. The Morgan fingerprint density at radius 3 is 2.93 bits per heavy atom. The highest BCUT2D eigenvalue weighted by molar-refractivity contribution is 5.86. The van der Waals surface area contributed by atoms with Crippen LogP contribution in [0.1, 0.15) is 26.7 Å². The van der Waals surface area contributed by atoms with Crippen molar-refractivity contribution in [2.24, 2.45) is 11.8 Å². The number of aliphatic hydroxyl groups excluding tert-OH is 1. The van der Waals surface area contributed by atoms with Crippen molar-refractivity contribution < 1.29 is 14.6 Å². The van der Waals surface area contributed by atoms with Gasteiger partial charge >= 0.3 is 0 Å². The van der Waals surface area contributed by atoms with E-state index < -0.39 is 5.60 Å². The molecule has 2 rings (SSSR count). The summed E-state index contributed by atoms with van der Waals surface area (Å²) in [5, 5.41) is 8.86. The molecule has 0 aliphatic carbocycles. The van der Waals surface area contributed by atoms with Crippen molar-refractivity contribution in [3.05, 3.63) is 12.2 Å². The van der Waals surface area contributed by atoms with Crippen molar-refractivity contribution >= 4 is 5.78 Å². The summed E-state index contributed by atoms with van der Waals surface area (Å²) in [5.74, 6) is 0.171. The zero-order valence-corrected chi connectivity index (χ0v) is 9.27. The molecule has 0 unspecified atom stereocenters. The summed E-state index contributed by atoms with van der Waals surface area (Å²) >= 11 is 0. The van der Waals surface area contributed by atoms with E-state index in [0.29, 0.717) is 6.42 Å². The number of carbonyl (C=O) groups excluding carboxylic acids is 1. The molecule has 0 amide bonds. The van der Waals surface area contributed by atoms with Crippen LogP contribution >= 0.6 is 0 Å². The van der Waals surface area contributed by atoms with Gasteiger partial charge in [-0.25, -0.2) is 0 Å². The molecule has 3 heteroatoms. The minimum absolute atomic E-state index is 0.0269. The smallest absolute Gasteiger partial charge is 0.144 e. The second-order valence-electron chi connectivity index (χ2n) is 4.64. The van der Waals surface area contributed by atoms with Gasteiger partial charge in [0, 0.05) is 18.4 Å². The van der Waals surface area contributed by atoms with Crippen molar-refractivity contribution in [2.45, 2.75) is 38.4 Å². The number of fused-ring (bicyclic) bond motifs is 2. The molecule has 0 aromatic heterocycles. The number of hydrogen-bond acceptors (Lipinski definition) is 3. The normalized spacial score (nSPS) is 43.7. The highest BCUT2D eigenvalue weighted by atomic mass is 16.5. The third kappa shape index (κ3) is 1.54. The number of aliphatic hydroxyl groups is 1. The monoisotopic (exact) mass is 210 g/mol. The molecular weight excluding hydrogens is 192 g/mol. The Hall–Kier alpha value is -0.670. The molecule has 2 bridgehead atoms. The van der Waals surface area contributed by atoms with Crippen LogP contribution in [0, 0.1) is 11.8 Å². The number of hydrogen-bond donors (Lipinski definition) is 1. The minimum Gasteiger partial charge on any atom is -0.396 e. The van der Waals surface area contributed by atoms with Crippen LogP contribution in [0.5, 0.6) is 0 Å². The van der Waals surface area contributed by atoms with E-state index in [-0.39, 0.29) is 30.3 Å². The van der Waals surface area contributed by atoms with Crippen molar-refractivity contribution in [3.63, 3.8) is 0 Å². The third-order valence-corrected chi connectivity index (χ3v) is 3.75. The lowest BCUT2D eigenvalue weighted by Crippen LogP contribution is -2.50. The molecule has 0 aromatic rings. The Bertz CT molecular complexity index is 297. The lowest BCUT2D eigenvalue weighted by molar-refractivity contribution is -0.160. The average Bonchev–Trinajstić information content (AvgIpc) is 2.65. The lowest BCUT2D eigenvalue weighted by atomic mass is 9.77. The maximum atomic E-state index is 12.0. The van der Waals surface area contributed by atoms with E-state index in [9.17, 15) is 4.79 Å². The van der Waals surface area contributed by atoms with Crippen LogP contribution in [0.2, 0.25) is 0 Å². The highest BCUT2D eigenvalue weighted by Crippen LogP contribution is 2.43. The fraction of sp³-hybridized carbons (Fsp3) is 0.750. The number of ketones is 1. The highest BCUT2D eigenvalue weighted by Gasteiger charge is 2.51. The summed E-state index contributed by atoms with van der Waals surface area (Å²) in [6, 6.07) is 0. The molecule has 0 spiro atoms. The van der Waals surface area contributed by atoms with Gasteiger partial charge in [-0.1, -0.05) is 26.0 Å². The first kappa shape index (κ1) is 10.8. The summed E-state index contributed by atoms with van der Waals surface area (Å²) < 4.78 is 5.94. The van der Waals surface area contributed by atoms with E-state index in [1.54, 1.807) is 0 Å². The Morgan fingerprint density at radius 2 is 2.27 bits per heavy atom. The van der Waals surface area contributed by atoms with E-state index in [1.165, 1.54) is 0 Å². The zero-order valence-electron chi connectivity index (χ0n) is 9.27. The van der Waals surface area contributed by atoms with Crippen molar-refractivity contribution in [1.82, 2.24) is 0 Å². The number of carbonyl (C=O) groups is 1.